The molecule has 20 heavy (non-hydrogen) atoms. The summed E-state index contributed by atoms with van der Waals surface area (Å²) >= 11 is 0. The average molecular weight is 297 g/mol. The largest absolute Gasteiger partial charge is 0.392 e. The molecule has 112 valence electrons. The van der Waals surface area contributed by atoms with E-state index < -0.39 is 10.0 Å². The lowest BCUT2D eigenvalue weighted by molar-refractivity contribution is 0.282. The number of rotatable bonds is 6. The summed E-state index contributed by atoms with van der Waals surface area (Å²) in [5.74, 6) is 0.501. The van der Waals surface area contributed by atoms with Crippen LogP contribution in [-0.4, -0.2) is 20.1 Å². The molecule has 0 heterocycles. The summed E-state index contributed by atoms with van der Waals surface area (Å²) in [5, 5.41) is 8.96. The minimum absolute atomic E-state index is 0.00539. The van der Waals surface area contributed by atoms with E-state index in [-0.39, 0.29) is 12.4 Å². The quantitative estimate of drug-likeness (QED) is 0.846. The first-order valence-electron chi connectivity index (χ1n) is 7.25. The van der Waals surface area contributed by atoms with E-state index in [0.717, 1.165) is 24.0 Å². The van der Waals surface area contributed by atoms with Gasteiger partial charge in [0.15, 0.2) is 0 Å². The van der Waals surface area contributed by atoms with Crippen molar-refractivity contribution in [2.75, 3.05) is 6.54 Å². The van der Waals surface area contributed by atoms with Gasteiger partial charge in [0, 0.05) is 6.54 Å². The molecule has 1 aliphatic carbocycles. The summed E-state index contributed by atoms with van der Waals surface area (Å²) in [6.45, 7) is 0.546. The fourth-order valence-corrected chi connectivity index (χ4v) is 3.87. The molecule has 0 bridgehead atoms. The van der Waals surface area contributed by atoms with E-state index in [0.29, 0.717) is 12.5 Å². The highest BCUT2D eigenvalue weighted by Gasteiger charge is 2.17. The predicted octanol–water partition coefficient (Wildman–Crippen LogP) is 2.18. The standard InChI is InChI=1S/C15H23NO3S/c17-11-14-6-8-15(9-7-14)12-20(18,19)16-10-13-4-2-1-3-5-13/h6-9,13,16-17H,1-5,10-12H2. The number of sulfonamides is 1. The van der Waals surface area contributed by atoms with Crippen LogP contribution in [0.4, 0.5) is 0 Å². The molecule has 1 aromatic carbocycles. The van der Waals surface area contributed by atoms with Crippen LogP contribution in [-0.2, 0) is 22.4 Å². The fraction of sp³-hybridized carbons (Fsp3) is 0.600. The third kappa shape index (κ3) is 4.89. The van der Waals surface area contributed by atoms with Crippen molar-refractivity contribution in [3.05, 3.63) is 35.4 Å². The molecule has 1 aliphatic rings. The van der Waals surface area contributed by atoms with Gasteiger partial charge in [-0.15, -0.1) is 0 Å². The highest BCUT2D eigenvalue weighted by Crippen LogP contribution is 2.23. The Hall–Kier alpha value is -0.910. The molecule has 0 aromatic heterocycles. The Labute approximate surface area is 121 Å². The van der Waals surface area contributed by atoms with Crippen LogP contribution in [0.3, 0.4) is 0 Å². The molecule has 0 spiro atoms. The molecule has 0 amide bonds. The van der Waals surface area contributed by atoms with Crippen LogP contribution in [0.2, 0.25) is 0 Å². The van der Waals surface area contributed by atoms with Gasteiger partial charge in [-0.3, -0.25) is 0 Å². The van der Waals surface area contributed by atoms with Crippen molar-refractivity contribution in [2.45, 2.75) is 44.5 Å². The molecule has 0 saturated heterocycles. The Morgan fingerprint density at radius 1 is 1.05 bits per heavy atom. The maximum absolute atomic E-state index is 12.0. The molecule has 0 unspecified atom stereocenters. The summed E-state index contributed by atoms with van der Waals surface area (Å²) in [7, 11) is -3.27. The zero-order valence-corrected chi connectivity index (χ0v) is 12.5. The Morgan fingerprint density at radius 2 is 1.65 bits per heavy atom. The summed E-state index contributed by atoms with van der Waals surface area (Å²) < 4.78 is 26.8. The van der Waals surface area contributed by atoms with Crippen LogP contribution in [0.25, 0.3) is 0 Å². The highest BCUT2D eigenvalue weighted by molar-refractivity contribution is 7.88. The molecule has 2 N–H and O–H groups in total. The Balaban J connectivity index is 1.85. The fourth-order valence-electron chi connectivity index (χ4n) is 2.65. The van der Waals surface area contributed by atoms with Gasteiger partial charge >= 0.3 is 0 Å². The van der Waals surface area contributed by atoms with E-state index in [1.807, 2.05) is 0 Å². The van der Waals surface area contributed by atoms with E-state index in [1.54, 1.807) is 24.3 Å². The normalized spacial score (nSPS) is 17.2. The minimum atomic E-state index is -3.27. The molecular weight excluding hydrogens is 274 g/mol. The Bertz CT molecular complexity index is 504. The van der Waals surface area contributed by atoms with E-state index >= 15 is 0 Å². The number of hydrogen-bond acceptors (Lipinski definition) is 3. The van der Waals surface area contributed by atoms with Gasteiger partial charge in [-0.05, 0) is 29.9 Å². The van der Waals surface area contributed by atoms with Gasteiger partial charge in [-0.1, -0.05) is 43.5 Å². The van der Waals surface area contributed by atoms with E-state index in [1.165, 1.54) is 19.3 Å². The van der Waals surface area contributed by atoms with Gasteiger partial charge in [0.25, 0.3) is 0 Å². The summed E-state index contributed by atoms with van der Waals surface area (Å²) in [5.41, 5.74) is 1.54. The topological polar surface area (TPSA) is 66.4 Å². The third-order valence-electron chi connectivity index (χ3n) is 3.88. The monoisotopic (exact) mass is 297 g/mol. The maximum atomic E-state index is 12.0. The van der Waals surface area contributed by atoms with Crippen LogP contribution in [0, 0.1) is 5.92 Å². The second-order valence-corrected chi connectivity index (χ2v) is 7.39. The van der Waals surface area contributed by atoms with Gasteiger partial charge in [-0.2, -0.15) is 0 Å². The molecule has 1 fully saturated rings. The summed E-state index contributed by atoms with van der Waals surface area (Å²) in [6.07, 6.45) is 5.98. The lowest BCUT2D eigenvalue weighted by atomic mass is 9.90. The maximum Gasteiger partial charge on any atom is 0.215 e. The SMILES string of the molecule is O=S(=O)(Cc1ccc(CO)cc1)NCC1CCCCC1. The van der Waals surface area contributed by atoms with Crippen LogP contribution < -0.4 is 4.72 Å². The molecule has 4 nitrogen and oxygen atoms in total. The number of aliphatic hydroxyl groups is 1. The zero-order chi connectivity index (χ0) is 14.4. The van der Waals surface area contributed by atoms with Crippen molar-refractivity contribution in [1.29, 1.82) is 0 Å². The van der Waals surface area contributed by atoms with Gasteiger partial charge in [0.2, 0.25) is 10.0 Å². The zero-order valence-electron chi connectivity index (χ0n) is 11.7. The van der Waals surface area contributed by atoms with Crippen molar-refractivity contribution >= 4 is 10.0 Å². The van der Waals surface area contributed by atoms with Crippen LogP contribution in [0.1, 0.15) is 43.2 Å². The van der Waals surface area contributed by atoms with Gasteiger partial charge in [-0.25, -0.2) is 13.1 Å². The molecule has 0 radical (unpaired) electrons. The second-order valence-electron chi connectivity index (χ2n) is 5.59. The van der Waals surface area contributed by atoms with Crippen molar-refractivity contribution < 1.29 is 13.5 Å². The molecule has 0 atom stereocenters. The van der Waals surface area contributed by atoms with Crippen LogP contribution in [0.5, 0.6) is 0 Å². The third-order valence-corrected chi connectivity index (χ3v) is 5.20. The first-order valence-corrected chi connectivity index (χ1v) is 8.90. The lowest BCUT2D eigenvalue weighted by Gasteiger charge is -2.21. The molecule has 5 heteroatoms. The number of aliphatic hydroxyl groups excluding tert-OH is 1. The highest BCUT2D eigenvalue weighted by atomic mass is 32.2. The van der Waals surface area contributed by atoms with E-state index in [2.05, 4.69) is 4.72 Å². The van der Waals surface area contributed by atoms with E-state index in [4.69, 9.17) is 5.11 Å². The number of benzene rings is 1. The van der Waals surface area contributed by atoms with Crippen molar-refractivity contribution in [2.24, 2.45) is 5.92 Å². The predicted molar refractivity (Wildman–Crippen MR) is 79.6 cm³/mol. The smallest absolute Gasteiger partial charge is 0.215 e. The first kappa shape index (κ1) is 15.5. The molecule has 2 rings (SSSR count). The number of hydrogen-bond donors (Lipinski definition) is 2. The second kappa shape index (κ2) is 7.20. The molecule has 1 aromatic rings. The van der Waals surface area contributed by atoms with Gasteiger partial charge in [0.05, 0.1) is 12.4 Å². The first-order chi connectivity index (χ1) is 9.59. The Morgan fingerprint density at radius 3 is 2.25 bits per heavy atom. The van der Waals surface area contributed by atoms with Crippen molar-refractivity contribution in [3.63, 3.8) is 0 Å². The minimum Gasteiger partial charge on any atom is -0.392 e. The van der Waals surface area contributed by atoms with Crippen molar-refractivity contribution in [1.82, 2.24) is 4.72 Å². The average Bonchev–Trinajstić information content (AvgIpc) is 2.47. The van der Waals surface area contributed by atoms with Crippen LogP contribution in [0.15, 0.2) is 24.3 Å². The van der Waals surface area contributed by atoms with Crippen LogP contribution >= 0.6 is 0 Å². The van der Waals surface area contributed by atoms with E-state index in [9.17, 15) is 8.42 Å². The summed E-state index contributed by atoms with van der Waals surface area (Å²) in [4.78, 5) is 0. The lowest BCUT2D eigenvalue weighted by Crippen LogP contribution is -2.31. The number of nitrogens with one attached hydrogen (secondary N) is 1. The summed E-state index contributed by atoms with van der Waals surface area (Å²) in [6, 6.07) is 7.02. The van der Waals surface area contributed by atoms with Gasteiger partial charge < -0.3 is 5.11 Å². The molecule has 1 saturated carbocycles. The molecule has 0 aliphatic heterocycles. The van der Waals surface area contributed by atoms with Crippen molar-refractivity contribution in [3.8, 4) is 0 Å². The van der Waals surface area contributed by atoms with Gasteiger partial charge in [0.1, 0.15) is 0 Å². The Kier molecular flexibility index (Phi) is 5.57. The molecular formula is C15H23NO3S.